The summed E-state index contributed by atoms with van der Waals surface area (Å²) in [5.41, 5.74) is 3.90. The summed E-state index contributed by atoms with van der Waals surface area (Å²) in [6.45, 7) is 2.13. The third-order valence-electron chi connectivity index (χ3n) is 3.12. The van der Waals surface area contributed by atoms with E-state index in [1.165, 1.54) is 27.5 Å². The van der Waals surface area contributed by atoms with Crippen LogP contribution in [0.4, 0.5) is 0 Å². The van der Waals surface area contributed by atoms with E-state index in [0.717, 1.165) is 0 Å². The highest BCUT2D eigenvalue weighted by Crippen LogP contribution is 2.28. The predicted molar refractivity (Wildman–Crippen MR) is 74.1 cm³/mol. The van der Waals surface area contributed by atoms with Gasteiger partial charge >= 0.3 is 0 Å². The Morgan fingerprint density at radius 2 is 1.53 bits per heavy atom. The zero-order valence-electron chi connectivity index (χ0n) is 9.85. The van der Waals surface area contributed by atoms with E-state index >= 15 is 0 Å². The van der Waals surface area contributed by atoms with Gasteiger partial charge in [0, 0.05) is 0 Å². The molecule has 0 spiro atoms. The molecule has 0 aliphatic carbocycles. The van der Waals surface area contributed by atoms with E-state index in [4.69, 9.17) is 0 Å². The molecular formula is C17H14. The predicted octanol–water partition coefficient (Wildman–Crippen LogP) is 4.82. The fourth-order valence-electron chi connectivity index (χ4n) is 2.27. The van der Waals surface area contributed by atoms with Gasteiger partial charge in [-0.1, -0.05) is 72.3 Å². The molecular weight excluding hydrogens is 204 g/mol. The summed E-state index contributed by atoms with van der Waals surface area (Å²) in [7, 11) is 0. The first kappa shape index (κ1) is 10.1. The average molecular weight is 218 g/mol. The highest BCUT2D eigenvalue weighted by Gasteiger charge is 2.02. The highest BCUT2D eigenvalue weighted by molar-refractivity contribution is 5.96. The van der Waals surface area contributed by atoms with Gasteiger partial charge in [0.1, 0.15) is 0 Å². The van der Waals surface area contributed by atoms with E-state index in [1.807, 2.05) is 0 Å². The minimum atomic E-state index is 1.28. The average Bonchev–Trinajstić information content (AvgIpc) is 2.39. The molecule has 0 amide bonds. The first-order valence-corrected chi connectivity index (χ1v) is 5.89. The van der Waals surface area contributed by atoms with Crippen LogP contribution in [0.15, 0.2) is 66.7 Å². The van der Waals surface area contributed by atoms with Crippen molar-refractivity contribution < 1.29 is 0 Å². The van der Waals surface area contributed by atoms with Crippen LogP contribution in [0.2, 0.25) is 0 Å². The molecule has 0 aliphatic rings. The van der Waals surface area contributed by atoms with Crippen LogP contribution in [-0.4, -0.2) is 0 Å². The number of rotatable bonds is 1. The van der Waals surface area contributed by atoms with Crippen LogP contribution in [-0.2, 0) is 0 Å². The van der Waals surface area contributed by atoms with Gasteiger partial charge in [-0.3, -0.25) is 0 Å². The quantitative estimate of drug-likeness (QED) is 0.549. The number of hydrogen-bond donors (Lipinski definition) is 0. The van der Waals surface area contributed by atoms with Crippen LogP contribution < -0.4 is 0 Å². The van der Waals surface area contributed by atoms with Crippen molar-refractivity contribution in [2.24, 2.45) is 0 Å². The van der Waals surface area contributed by atoms with Gasteiger partial charge in [-0.15, -0.1) is 0 Å². The van der Waals surface area contributed by atoms with Gasteiger partial charge in [0.2, 0.25) is 0 Å². The van der Waals surface area contributed by atoms with Crippen molar-refractivity contribution in [3.05, 3.63) is 72.3 Å². The Morgan fingerprint density at radius 1 is 0.706 bits per heavy atom. The number of benzene rings is 3. The molecule has 0 heteroatoms. The fourth-order valence-corrected chi connectivity index (χ4v) is 2.27. The van der Waals surface area contributed by atoms with E-state index in [2.05, 4.69) is 73.7 Å². The molecule has 0 unspecified atom stereocenters. The summed E-state index contributed by atoms with van der Waals surface area (Å²) in [6.07, 6.45) is 0. The molecule has 0 fully saturated rings. The lowest BCUT2D eigenvalue weighted by Gasteiger charge is -2.07. The second-order valence-electron chi connectivity index (χ2n) is 4.40. The molecule has 0 aliphatic heterocycles. The SMILES string of the molecule is Cc1ccc2c(-c3ccccc3)cccc2c1. The van der Waals surface area contributed by atoms with Gasteiger partial charge in [-0.05, 0) is 28.8 Å². The molecule has 0 nitrogen and oxygen atoms in total. The molecule has 0 saturated heterocycles. The van der Waals surface area contributed by atoms with Crippen molar-refractivity contribution >= 4 is 10.8 Å². The highest BCUT2D eigenvalue weighted by atomic mass is 14.1. The summed E-state index contributed by atoms with van der Waals surface area (Å²) in [5.74, 6) is 0. The van der Waals surface area contributed by atoms with Crippen LogP contribution in [0.3, 0.4) is 0 Å². The summed E-state index contributed by atoms with van der Waals surface area (Å²) in [4.78, 5) is 0. The molecule has 82 valence electrons. The fraction of sp³-hybridized carbons (Fsp3) is 0.0588. The summed E-state index contributed by atoms with van der Waals surface area (Å²) < 4.78 is 0. The second kappa shape index (κ2) is 4.06. The summed E-state index contributed by atoms with van der Waals surface area (Å²) in [5, 5.41) is 2.63. The van der Waals surface area contributed by atoms with Crippen LogP contribution in [0.25, 0.3) is 21.9 Å². The monoisotopic (exact) mass is 218 g/mol. The van der Waals surface area contributed by atoms with Crippen molar-refractivity contribution in [3.8, 4) is 11.1 Å². The molecule has 0 atom stereocenters. The normalized spacial score (nSPS) is 10.6. The zero-order chi connectivity index (χ0) is 11.7. The van der Waals surface area contributed by atoms with E-state index in [-0.39, 0.29) is 0 Å². The van der Waals surface area contributed by atoms with Crippen LogP contribution in [0.5, 0.6) is 0 Å². The van der Waals surface area contributed by atoms with Gasteiger partial charge in [0.15, 0.2) is 0 Å². The summed E-state index contributed by atoms with van der Waals surface area (Å²) >= 11 is 0. The molecule has 0 N–H and O–H groups in total. The van der Waals surface area contributed by atoms with E-state index in [9.17, 15) is 0 Å². The smallest absolute Gasteiger partial charge is 0.0105 e. The largest absolute Gasteiger partial charge is 0.0622 e. The van der Waals surface area contributed by atoms with Crippen LogP contribution >= 0.6 is 0 Å². The molecule has 3 aromatic carbocycles. The molecule has 0 bridgehead atoms. The van der Waals surface area contributed by atoms with Gasteiger partial charge in [0.05, 0.1) is 0 Å². The maximum absolute atomic E-state index is 2.24. The molecule has 3 rings (SSSR count). The first-order valence-electron chi connectivity index (χ1n) is 5.89. The lowest BCUT2D eigenvalue weighted by Crippen LogP contribution is -1.81. The van der Waals surface area contributed by atoms with E-state index in [1.54, 1.807) is 0 Å². The maximum Gasteiger partial charge on any atom is -0.0105 e. The zero-order valence-corrected chi connectivity index (χ0v) is 9.85. The Bertz CT molecular complexity index is 651. The molecule has 0 aromatic heterocycles. The Hall–Kier alpha value is -2.08. The topological polar surface area (TPSA) is 0 Å². The van der Waals surface area contributed by atoms with Crippen molar-refractivity contribution in [1.29, 1.82) is 0 Å². The Morgan fingerprint density at radius 3 is 2.35 bits per heavy atom. The standard InChI is InChI=1S/C17H14/c1-13-10-11-17-15(12-13)8-5-9-16(17)14-6-3-2-4-7-14/h2-12H,1H3. The molecule has 0 radical (unpaired) electrons. The van der Waals surface area contributed by atoms with Gasteiger partial charge in [-0.25, -0.2) is 0 Å². The Balaban J connectivity index is 2.31. The third-order valence-corrected chi connectivity index (χ3v) is 3.12. The van der Waals surface area contributed by atoms with E-state index < -0.39 is 0 Å². The lowest BCUT2D eigenvalue weighted by atomic mass is 9.97. The minimum Gasteiger partial charge on any atom is -0.0622 e. The lowest BCUT2D eigenvalue weighted by molar-refractivity contribution is 1.50. The number of hydrogen-bond acceptors (Lipinski definition) is 0. The van der Waals surface area contributed by atoms with Gasteiger partial charge in [-0.2, -0.15) is 0 Å². The van der Waals surface area contributed by atoms with Gasteiger partial charge < -0.3 is 0 Å². The van der Waals surface area contributed by atoms with Crippen molar-refractivity contribution in [1.82, 2.24) is 0 Å². The van der Waals surface area contributed by atoms with Crippen molar-refractivity contribution in [3.63, 3.8) is 0 Å². The van der Waals surface area contributed by atoms with Gasteiger partial charge in [0.25, 0.3) is 0 Å². The first-order chi connectivity index (χ1) is 8.34. The third kappa shape index (κ3) is 1.83. The maximum atomic E-state index is 2.24. The second-order valence-corrected chi connectivity index (χ2v) is 4.40. The molecule has 3 aromatic rings. The van der Waals surface area contributed by atoms with Crippen LogP contribution in [0, 0.1) is 6.92 Å². The van der Waals surface area contributed by atoms with Crippen LogP contribution in [0.1, 0.15) is 5.56 Å². The van der Waals surface area contributed by atoms with Crippen molar-refractivity contribution in [2.45, 2.75) is 6.92 Å². The Kier molecular flexibility index (Phi) is 2.41. The minimum absolute atomic E-state index is 1.28. The summed E-state index contributed by atoms with van der Waals surface area (Å²) in [6, 6.07) is 23.7. The Labute approximate surface area is 102 Å². The van der Waals surface area contributed by atoms with Crippen molar-refractivity contribution in [2.75, 3.05) is 0 Å². The number of fused-ring (bicyclic) bond motifs is 1. The number of aryl methyl sites for hydroxylation is 1. The molecule has 0 saturated carbocycles. The molecule has 0 heterocycles. The van der Waals surface area contributed by atoms with E-state index in [0.29, 0.717) is 0 Å². The molecule has 17 heavy (non-hydrogen) atoms.